The summed E-state index contributed by atoms with van der Waals surface area (Å²) >= 11 is 0. The second-order valence-electron chi connectivity index (χ2n) is 7.22. The minimum Gasteiger partial charge on any atom is -0.493 e. The molecule has 4 heteroatoms. The van der Waals surface area contributed by atoms with Gasteiger partial charge in [0, 0.05) is 18.0 Å². The van der Waals surface area contributed by atoms with Crippen LogP contribution in [-0.2, 0) is 4.79 Å². The molecule has 0 aliphatic carbocycles. The normalized spacial score (nSPS) is 24.8. The van der Waals surface area contributed by atoms with Gasteiger partial charge in [0.15, 0.2) is 0 Å². The van der Waals surface area contributed by atoms with Crippen LogP contribution >= 0.6 is 0 Å². The van der Waals surface area contributed by atoms with Crippen LogP contribution in [0.15, 0.2) is 48.5 Å². The summed E-state index contributed by atoms with van der Waals surface area (Å²) < 4.78 is 5.94. The van der Waals surface area contributed by atoms with Crippen molar-refractivity contribution in [3.05, 3.63) is 54.1 Å². The Balaban J connectivity index is 1.69. The molecule has 2 aromatic carbocycles. The van der Waals surface area contributed by atoms with Crippen LogP contribution in [-0.4, -0.2) is 31.1 Å². The van der Waals surface area contributed by atoms with Gasteiger partial charge in [-0.25, -0.2) is 0 Å². The van der Waals surface area contributed by atoms with Crippen molar-refractivity contribution in [3.8, 4) is 16.9 Å². The third-order valence-electron chi connectivity index (χ3n) is 5.63. The Kier molecular flexibility index (Phi) is 4.68. The third kappa shape index (κ3) is 2.88. The number of nitrogens with one attached hydrogen (secondary N) is 2. The van der Waals surface area contributed by atoms with E-state index < -0.39 is 5.54 Å². The monoisotopic (exact) mass is 350 g/mol. The Morgan fingerprint density at radius 3 is 2.85 bits per heavy atom. The van der Waals surface area contributed by atoms with Crippen molar-refractivity contribution in [1.82, 2.24) is 10.6 Å². The molecule has 2 N–H and O–H groups in total. The summed E-state index contributed by atoms with van der Waals surface area (Å²) in [4.78, 5) is 12.5. The number of amides is 1. The first-order valence-electron chi connectivity index (χ1n) is 9.60. The highest BCUT2D eigenvalue weighted by atomic mass is 16.5. The molecular weight excluding hydrogens is 324 g/mol. The third-order valence-corrected chi connectivity index (χ3v) is 5.63. The van der Waals surface area contributed by atoms with Crippen LogP contribution in [0.3, 0.4) is 0 Å². The molecule has 0 bridgehead atoms. The molecule has 4 nitrogen and oxygen atoms in total. The van der Waals surface area contributed by atoms with Gasteiger partial charge in [0.05, 0.1) is 6.61 Å². The van der Waals surface area contributed by atoms with Crippen molar-refractivity contribution in [3.63, 3.8) is 0 Å². The average Bonchev–Trinajstić information content (AvgIpc) is 3.27. The van der Waals surface area contributed by atoms with Crippen LogP contribution in [0.2, 0.25) is 0 Å². The van der Waals surface area contributed by atoms with Gasteiger partial charge in [0.25, 0.3) is 0 Å². The van der Waals surface area contributed by atoms with E-state index in [-0.39, 0.29) is 11.8 Å². The lowest BCUT2D eigenvalue weighted by molar-refractivity contribution is -0.124. The lowest BCUT2D eigenvalue weighted by atomic mass is 9.78. The fraction of sp³-hybridized carbons (Fsp3) is 0.409. The topological polar surface area (TPSA) is 50.4 Å². The number of rotatable bonds is 5. The molecule has 2 saturated heterocycles. The maximum absolute atomic E-state index is 12.5. The van der Waals surface area contributed by atoms with E-state index >= 15 is 0 Å². The zero-order valence-electron chi connectivity index (χ0n) is 15.3. The molecule has 136 valence electrons. The molecule has 2 fully saturated rings. The van der Waals surface area contributed by atoms with Crippen molar-refractivity contribution in [2.75, 3.05) is 19.7 Å². The molecule has 1 spiro atoms. The number of hydrogen-bond donors (Lipinski definition) is 2. The Labute approximate surface area is 155 Å². The van der Waals surface area contributed by atoms with Crippen molar-refractivity contribution < 1.29 is 9.53 Å². The minimum atomic E-state index is -0.434. The number of para-hydroxylation sites is 1. The zero-order chi connectivity index (χ0) is 18.0. The smallest absolute Gasteiger partial charge is 0.241 e. The fourth-order valence-electron chi connectivity index (χ4n) is 4.37. The number of carbonyl (C=O) groups excluding carboxylic acids is 1. The summed E-state index contributed by atoms with van der Waals surface area (Å²) in [6.07, 6.45) is 2.83. The SMILES string of the molecule is CCCOc1ccccc1-c1cccc(C2CCNC23CCNC3=O)c1. The number of carbonyl (C=O) groups is 1. The first-order chi connectivity index (χ1) is 12.7. The maximum atomic E-state index is 12.5. The Bertz CT molecular complexity index is 800. The van der Waals surface area contributed by atoms with Gasteiger partial charge in [-0.05, 0) is 43.0 Å². The van der Waals surface area contributed by atoms with Gasteiger partial charge in [-0.15, -0.1) is 0 Å². The van der Waals surface area contributed by atoms with Gasteiger partial charge in [-0.2, -0.15) is 0 Å². The lowest BCUT2D eigenvalue weighted by Crippen LogP contribution is -2.50. The van der Waals surface area contributed by atoms with Gasteiger partial charge < -0.3 is 15.4 Å². The van der Waals surface area contributed by atoms with Crippen LogP contribution in [0, 0.1) is 0 Å². The molecule has 0 aromatic heterocycles. The molecule has 2 aromatic rings. The molecule has 1 amide bonds. The molecule has 0 saturated carbocycles. The molecule has 4 rings (SSSR count). The second-order valence-corrected chi connectivity index (χ2v) is 7.22. The van der Waals surface area contributed by atoms with Gasteiger partial charge in [-0.3, -0.25) is 4.79 Å². The minimum absolute atomic E-state index is 0.150. The van der Waals surface area contributed by atoms with Crippen LogP contribution in [0.1, 0.15) is 37.7 Å². The fourth-order valence-corrected chi connectivity index (χ4v) is 4.37. The van der Waals surface area contributed by atoms with E-state index in [1.807, 2.05) is 18.2 Å². The Morgan fingerprint density at radius 2 is 2.04 bits per heavy atom. The van der Waals surface area contributed by atoms with E-state index in [4.69, 9.17) is 4.74 Å². The first-order valence-corrected chi connectivity index (χ1v) is 9.60. The quantitative estimate of drug-likeness (QED) is 0.868. The van der Waals surface area contributed by atoms with Gasteiger partial charge in [-0.1, -0.05) is 49.4 Å². The van der Waals surface area contributed by atoms with E-state index in [1.165, 1.54) is 5.56 Å². The molecule has 26 heavy (non-hydrogen) atoms. The molecule has 0 radical (unpaired) electrons. The molecule has 2 aliphatic heterocycles. The Hall–Kier alpha value is -2.33. The largest absolute Gasteiger partial charge is 0.493 e. The first kappa shape index (κ1) is 17.1. The van der Waals surface area contributed by atoms with Gasteiger partial charge in [0.2, 0.25) is 5.91 Å². The molecule has 2 unspecified atom stereocenters. The van der Waals surface area contributed by atoms with Gasteiger partial charge >= 0.3 is 0 Å². The van der Waals surface area contributed by atoms with E-state index in [9.17, 15) is 4.79 Å². The molecule has 2 aliphatic rings. The van der Waals surface area contributed by atoms with Crippen LogP contribution in [0.5, 0.6) is 5.75 Å². The lowest BCUT2D eigenvalue weighted by Gasteiger charge is -2.29. The molecular formula is C22H26N2O2. The highest BCUT2D eigenvalue weighted by Gasteiger charge is 2.51. The second kappa shape index (κ2) is 7.12. The van der Waals surface area contributed by atoms with E-state index in [2.05, 4.69) is 47.9 Å². The van der Waals surface area contributed by atoms with Gasteiger partial charge in [0.1, 0.15) is 11.3 Å². The maximum Gasteiger partial charge on any atom is 0.241 e. The van der Waals surface area contributed by atoms with E-state index in [0.717, 1.165) is 49.2 Å². The van der Waals surface area contributed by atoms with Crippen molar-refractivity contribution in [2.45, 2.75) is 37.6 Å². The van der Waals surface area contributed by atoms with Crippen molar-refractivity contribution >= 4 is 5.91 Å². The highest BCUT2D eigenvalue weighted by molar-refractivity contribution is 5.90. The predicted molar refractivity (Wildman–Crippen MR) is 103 cm³/mol. The number of hydrogen-bond acceptors (Lipinski definition) is 3. The summed E-state index contributed by atoms with van der Waals surface area (Å²) in [5.41, 5.74) is 3.06. The molecule has 2 heterocycles. The Morgan fingerprint density at radius 1 is 1.15 bits per heavy atom. The van der Waals surface area contributed by atoms with E-state index in [1.54, 1.807) is 0 Å². The summed E-state index contributed by atoms with van der Waals surface area (Å²) in [5.74, 6) is 1.29. The predicted octanol–water partition coefficient (Wildman–Crippen LogP) is 3.48. The number of ether oxygens (including phenoxy) is 1. The zero-order valence-corrected chi connectivity index (χ0v) is 15.3. The van der Waals surface area contributed by atoms with Crippen LogP contribution in [0.25, 0.3) is 11.1 Å². The summed E-state index contributed by atoms with van der Waals surface area (Å²) in [7, 11) is 0. The summed E-state index contributed by atoms with van der Waals surface area (Å²) in [6, 6.07) is 16.8. The van der Waals surface area contributed by atoms with Crippen LogP contribution < -0.4 is 15.4 Å². The average molecular weight is 350 g/mol. The summed E-state index contributed by atoms with van der Waals surface area (Å²) in [5, 5.41) is 6.50. The highest BCUT2D eigenvalue weighted by Crippen LogP contribution is 2.42. The van der Waals surface area contributed by atoms with E-state index in [0.29, 0.717) is 6.61 Å². The van der Waals surface area contributed by atoms with Crippen LogP contribution in [0.4, 0.5) is 0 Å². The summed E-state index contributed by atoms with van der Waals surface area (Å²) in [6.45, 7) is 4.48. The molecule has 2 atom stereocenters. The standard InChI is InChI=1S/C22H26N2O2/c1-2-14-26-20-9-4-3-8-18(20)16-6-5-7-17(15-16)19-10-12-24-22(19)11-13-23-21(22)25/h3-9,15,19,24H,2,10-14H2,1H3,(H,23,25). The van der Waals surface area contributed by atoms with Crippen molar-refractivity contribution in [1.29, 1.82) is 0 Å². The number of benzene rings is 2. The van der Waals surface area contributed by atoms with Crippen molar-refractivity contribution in [2.24, 2.45) is 0 Å².